The Bertz CT molecular complexity index is 634. The molecular weight excluding hydrogens is 238 g/mol. The number of hydrogen-bond acceptors (Lipinski definition) is 3. The second-order valence-corrected chi connectivity index (χ2v) is 4.93. The Morgan fingerprint density at radius 3 is 2.84 bits per heavy atom. The van der Waals surface area contributed by atoms with Gasteiger partial charge >= 0.3 is 0 Å². The van der Waals surface area contributed by atoms with Gasteiger partial charge in [0.15, 0.2) is 0 Å². The predicted molar refractivity (Wildman–Crippen MR) is 75.9 cm³/mol. The summed E-state index contributed by atoms with van der Waals surface area (Å²) < 4.78 is 0. The van der Waals surface area contributed by atoms with Crippen LogP contribution in [0.4, 0.5) is 5.82 Å². The normalized spacial score (nSPS) is 14.6. The highest BCUT2D eigenvalue weighted by molar-refractivity contribution is 6.07. The number of pyridine rings is 1. The van der Waals surface area contributed by atoms with E-state index in [0.717, 1.165) is 30.3 Å². The van der Waals surface area contributed by atoms with Crippen LogP contribution >= 0.6 is 0 Å². The van der Waals surface area contributed by atoms with Crippen LogP contribution in [0.15, 0.2) is 30.3 Å². The molecule has 0 radical (unpaired) electrons. The molecule has 0 bridgehead atoms. The fourth-order valence-electron chi connectivity index (χ4n) is 2.48. The number of para-hydroxylation sites is 1. The van der Waals surface area contributed by atoms with Crippen LogP contribution in [0.3, 0.4) is 0 Å². The lowest BCUT2D eigenvalue weighted by molar-refractivity contribution is 0.0754. The quantitative estimate of drug-likeness (QED) is 0.916. The maximum atomic E-state index is 12.7. The number of nitrogens with zero attached hydrogens (tertiary/aromatic N) is 2. The Hall–Kier alpha value is -2.10. The van der Waals surface area contributed by atoms with Crippen LogP contribution in [0.25, 0.3) is 10.9 Å². The molecule has 0 aliphatic heterocycles. The predicted octanol–water partition coefficient (Wildman–Crippen LogP) is 2.44. The summed E-state index contributed by atoms with van der Waals surface area (Å²) in [5, 5.41) is 0.876. The first-order valence-corrected chi connectivity index (χ1v) is 6.67. The first-order chi connectivity index (χ1) is 9.20. The Labute approximate surface area is 112 Å². The van der Waals surface area contributed by atoms with Gasteiger partial charge in [-0.2, -0.15) is 0 Å². The third-order valence-electron chi connectivity index (χ3n) is 3.56. The third kappa shape index (κ3) is 2.14. The van der Waals surface area contributed by atoms with Crippen molar-refractivity contribution in [2.24, 2.45) is 0 Å². The van der Waals surface area contributed by atoms with Gasteiger partial charge in [-0.05, 0) is 31.9 Å². The molecule has 1 fully saturated rings. The van der Waals surface area contributed by atoms with Gasteiger partial charge in [-0.25, -0.2) is 4.98 Å². The Kier molecular flexibility index (Phi) is 2.85. The van der Waals surface area contributed by atoms with E-state index in [4.69, 9.17) is 5.73 Å². The molecule has 98 valence electrons. The number of anilines is 1. The van der Waals surface area contributed by atoms with Crippen molar-refractivity contribution in [3.8, 4) is 0 Å². The van der Waals surface area contributed by atoms with E-state index in [9.17, 15) is 4.79 Å². The van der Waals surface area contributed by atoms with Crippen molar-refractivity contribution >= 4 is 22.6 Å². The monoisotopic (exact) mass is 255 g/mol. The van der Waals surface area contributed by atoms with Gasteiger partial charge in [-0.15, -0.1) is 0 Å². The minimum atomic E-state index is 0.0651. The smallest absolute Gasteiger partial charge is 0.254 e. The van der Waals surface area contributed by atoms with Crippen molar-refractivity contribution in [2.75, 3.05) is 12.3 Å². The number of nitrogens with two attached hydrogens (primary N) is 1. The number of carbonyl (C=O) groups excluding carboxylic acids is 1. The topological polar surface area (TPSA) is 59.2 Å². The summed E-state index contributed by atoms with van der Waals surface area (Å²) in [7, 11) is 0. The van der Waals surface area contributed by atoms with E-state index in [2.05, 4.69) is 4.98 Å². The van der Waals surface area contributed by atoms with Crippen LogP contribution < -0.4 is 5.73 Å². The summed E-state index contributed by atoms with van der Waals surface area (Å²) in [5.74, 6) is 0.462. The fourth-order valence-corrected chi connectivity index (χ4v) is 2.48. The van der Waals surface area contributed by atoms with E-state index in [-0.39, 0.29) is 5.91 Å². The summed E-state index contributed by atoms with van der Waals surface area (Å²) in [6.45, 7) is 2.75. The zero-order valence-electron chi connectivity index (χ0n) is 11.0. The number of nitrogen functional groups attached to an aromatic ring is 1. The summed E-state index contributed by atoms with van der Waals surface area (Å²) >= 11 is 0. The molecule has 2 aromatic rings. The molecule has 19 heavy (non-hydrogen) atoms. The second kappa shape index (κ2) is 4.53. The van der Waals surface area contributed by atoms with Gasteiger partial charge in [-0.1, -0.05) is 18.2 Å². The second-order valence-electron chi connectivity index (χ2n) is 4.93. The molecule has 0 saturated heterocycles. The summed E-state index contributed by atoms with van der Waals surface area (Å²) in [5.41, 5.74) is 7.25. The Balaban J connectivity index is 2.10. The van der Waals surface area contributed by atoms with E-state index in [1.54, 1.807) is 6.07 Å². The molecule has 1 heterocycles. The number of rotatable bonds is 3. The van der Waals surface area contributed by atoms with Crippen molar-refractivity contribution in [2.45, 2.75) is 25.8 Å². The SMILES string of the molecule is CCN(C(=O)c1cc(N)nc2ccccc12)C1CC1. The average molecular weight is 255 g/mol. The summed E-state index contributed by atoms with van der Waals surface area (Å²) in [6.07, 6.45) is 2.22. The van der Waals surface area contributed by atoms with Crippen molar-refractivity contribution in [1.82, 2.24) is 9.88 Å². The molecule has 0 atom stereocenters. The molecular formula is C15H17N3O. The maximum absolute atomic E-state index is 12.7. The van der Waals surface area contributed by atoms with Gasteiger partial charge < -0.3 is 10.6 Å². The van der Waals surface area contributed by atoms with Gasteiger partial charge in [0, 0.05) is 18.0 Å². The van der Waals surface area contributed by atoms with Crippen molar-refractivity contribution < 1.29 is 4.79 Å². The molecule has 1 aromatic carbocycles. The van der Waals surface area contributed by atoms with Gasteiger partial charge in [0.25, 0.3) is 5.91 Å². The van der Waals surface area contributed by atoms with Crippen molar-refractivity contribution in [3.63, 3.8) is 0 Å². The van der Waals surface area contributed by atoms with E-state index in [1.807, 2.05) is 36.1 Å². The highest BCUT2D eigenvalue weighted by atomic mass is 16.2. The average Bonchev–Trinajstić information content (AvgIpc) is 3.23. The molecule has 4 heteroatoms. The van der Waals surface area contributed by atoms with Crippen LogP contribution in [-0.2, 0) is 0 Å². The van der Waals surface area contributed by atoms with E-state index < -0.39 is 0 Å². The molecule has 0 spiro atoms. The number of carbonyl (C=O) groups is 1. The molecule has 1 aromatic heterocycles. The lowest BCUT2D eigenvalue weighted by Crippen LogP contribution is -2.33. The van der Waals surface area contributed by atoms with Gasteiger partial charge in [0.05, 0.1) is 11.1 Å². The number of benzene rings is 1. The Morgan fingerprint density at radius 2 is 2.16 bits per heavy atom. The molecule has 0 unspecified atom stereocenters. The van der Waals surface area contributed by atoms with Crippen LogP contribution in [0, 0.1) is 0 Å². The van der Waals surface area contributed by atoms with E-state index in [1.165, 1.54) is 0 Å². The van der Waals surface area contributed by atoms with Crippen molar-refractivity contribution in [3.05, 3.63) is 35.9 Å². The van der Waals surface area contributed by atoms with Gasteiger partial charge in [0.1, 0.15) is 5.82 Å². The number of fused-ring (bicyclic) bond motifs is 1. The molecule has 1 amide bonds. The van der Waals surface area contributed by atoms with Crippen LogP contribution in [0.2, 0.25) is 0 Å². The van der Waals surface area contributed by atoms with Crippen LogP contribution in [0.5, 0.6) is 0 Å². The molecule has 3 rings (SSSR count). The largest absolute Gasteiger partial charge is 0.384 e. The zero-order chi connectivity index (χ0) is 13.4. The zero-order valence-corrected chi connectivity index (χ0v) is 11.0. The minimum Gasteiger partial charge on any atom is -0.384 e. The summed E-state index contributed by atoms with van der Waals surface area (Å²) in [4.78, 5) is 18.9. The van der Waals surface area contributed by atoms with Crippen LogP contribution in [0.1, 0.15) is 30.1 Å². The van der Waals surface area contributed by atoms with Crippen LogP contribution in [-0.4, -0.2) is 28.4 Å². The molecule has 1 saturated carbocycles. The maximum Gasteiger partial charge on any atom is 0.254 e. The molecule has 1 aliphatic carbocycles. The minimum absolute atomic E-state index is 0.0651. The third-order valence-corrected chi connectivity index (χ3v) is 3.56. The molecule has 4 nitrogen and oxygen atoms in total. The fraction of sp³-hybridized carbons (Fsp3) is 0.333. The van der Waals surface area contributed by atoms with Gasteiger partial charge in [-0.3, -0.25) is 4.79 Å². The lowest BCUT2D eigenvalue weighted by Gasteiger charge is -2.21. The van der Waals surface area contributed by atoms with Crippen molar-refractivity contribution in [1.29, 1.82) is 0 Å². The van der Waals surface area contributed by atoms with E-state index in [0.29, 0.717) is 17.4 Å². The Morgan fingerprint density at radius 1 is 1.42 bits per heavy atom. The molecule has 1 aliphatic rings. The summed E-state index contributed by atoms with van der Waals surface area (Å²) in [6, 6.07) is 9.73. The number of amides is 1. The number of aromatic nitrogens is 1. The highest BCUT2D eigenvalue weighted by Gasteiger charge is 2.32. The first-order valence-electron chi connectivity index (χ1n) is 6.67. The van der Waals surface area contributed by atoms with E-state index >= 15 is 0 Å². The first kappa shape index (κ1) is 12.0. The van der Waals surface area contributed by atoms with Gasteiger partial charge in [0.2, 0.25) is 0 Å². The standard InChI is InChI=1S/C15H17N3O/c1-2-18(10-7-8-10)15(19)12-9-14(16)17-13-6-4-3-5-11(12)13/h3-6,9-10H,2,7-8H2,1H3,(H2,16,17). The lowest BCUT2D eigenvalue weighted by atomic mass is 10.1. The molecule has 2 N–H and O–H groups in total. The highest BCUT2D eigenvalue weighted by Crippen LogP contribution is 2.29. The number of hydrogen-bond donors (Lipinski definition) is 1.